The van der Waals surface area contributed by atoms with Gasteiger partial charge in [0.1, 0.15) is 5.52 Å². The number of anilines is 3. The van der Waals surface area contributed by atoms with Gasteiger partial charge in [-0.3, -0.25) is 9.36 Å². The van der Waals surface area contributed by atoms with E-state index < -0.39 is 5.92 Å². The maximum atomic E-state index is 13.6. The van der Waals surface area contributed by atoms with E-state index in [-0.39, 0.29) is 36.8 Å². The average Bonchev–Trinajstić information content (AvgIpc) is 3.20. The Morgan fingerprint density at radius 1 is 1.08 bits per heavy atom. The summed E-state index contributed by atoms with van der Waals surface area (Å²) in [5, 5.41) is 7.32. The van der Waals surface area contributed by atoms with Crippen LogP contribution in [0, 0.1) is 5.92 Å². The van der Waals surface area contributed by atoms with Crippen molar-refractivity contribution in [3.05, 3.63) is 32.8 Å². The lowest BCUT2D eigenvalue weighted by molar-refractivity contribution is -0.122. The highest BCUT2D eigenvalue weighted by Gasteiger charge is 2.35. The number of hydrogen-bond donors (Lipinski definition) is 3. The van der Waals surface area contributed by atoms with E-state index in [0.717, 1.165) is 4.47 Å². The molecule has 13 heteroatoms. The van der Waals surface area contributed by atoms with Crippen LogP contribution < -0.4 is 16.4 Å². The zero-order chi connectivity index (χ0) is 26.3. The molecule has 0 bridgehead atoms. The third-order valence-corrected chi connectivity index (χ3v) is 8.25. The molecule has 2 heterocycles. The Kier molecular flexibility index (Phi) is 7.48. The van der Waals surface area contributed by atoms with Crippen LogP contribution in [0.2, 0.25) is 10.0 Å². The number of aromatic nitrogens is 4. The predicted molar refractivity (Wildman–Crippen MR) is 144 cm³/mol. The molecule has 0 atom stereocenters. The summed E-state index contributed by atoms with van der Waals surface area (Å²) in [5.74, 6) is -2.20. The number of nitrogens with two attached hydrogens (primary N) is 1. The second kappa shape index (κ2) is 10.5. The second-order valence-electron chi connectivity index (χ2n) is 9.76. The van der Waals surface area contributed by atoms with Gasteiger partial charge in [0.25, 0.3) is 0 Å². The van der Waals surface area contributed by atoms with Gasteiger partial charge < -0.3 is 16.4 Å². The molecule has 2 aliphatic carbocycles. The topological polar surface area (TPSA) is 111 Å². The summed E-state index contributed by atoms with van der Waals surface area (Å²) < 4.78 is 29.9. The molecule has 2 fully saturated rings. The lowest BCUT2D eigenvalue weighted by atomic mass is 9.85. The minimum atomic E-state index is -2.61. The minimum Gasteiger partial charge on any atom is -0.369 e. The summed E-state index contributed by atoms with van der Waals surface area (Å²) in [4.78, 5) is 25.6. The second-order valence-corrected chi connectivity index (χ2v) is 11.5. The first kappa shape index (κ1) is 26.4. The summed E-state index contributed by atoms with van der Waals surface area (Å²) >= 11 is 16.3. The van der Waals surface area contributed by atoms with Crippen molar-refractivity contribution in [2.75, 3.05) is 10.6 Å². The van der Waals surface area contributed by atoms with Crippen molar-refractivity contribution in [3.63, 3.8) is 0 Å². The number of alkyl halides is 2. The molecular formula is C24H26BrCl2F2N7O. The highest BCUT2D eigenvalue weighted by molar-refractivity contribution is 9.10. The molecule has 1 aromatic carbocycles. The highest BCUT2D eigenvalue weighted by Crippen LogP contribution is 2.40. The van der Waals surface area contributed by atoms with Crippen molar-refractivity contribution in [1.29, 1.82) is 0 Å². The van der Waals surface area contributed by atoms with Crippen LogP contribution in [-0.2, 0) is 4.79 Å². The summed E-state index contributed by atoms with van der Waals surface area (Å²) in [5.41, 5.74) is 7.20. The predicted octanol–water partition coefficient (Wildman–Crippen LogP) is 6.85. The monoisotopic (exact) mass is 615 g/mol. The molecule has 8 nitrogen and oxygen atoms in total. The molecule has 5 rings (SSSR count). The molecule has 0 unspecified atom stereocenters. The fraction of sp³-hybridized carbons (Fsp3) is 0.500. The first-order valence-electron chi connectivity index (χ1n) is 12.2. The highest BCUT2D eigenvalue weighted by atomic mass is 79.9. The van der Waals surface area contributed by atoms with Gasteiger partial charge >= 0.3 is 0 Å². The van der Waals surface area contributed by atoms with Crippen LogP contribution in [0.5, 0.6) is 0 Å². The van der Waals surface area contributed by atoms with E-state index in [9.17, 15) is 13.6 Å². The van der Waals surface area contributed by atoms with Gasteiger partial charge in [-0.2, -0.15) is 4.98 Å². The van der Waals surface area contributed by atoms with Crippen LogP contribution in [0.3, 0.4) is 0 Å². The van der Waals surface area contributed by atoms with E-state index >= 15 is 0 Å². The molecule has 2 saturated carbocycles. The van der Waals surface area contributed by atoms with Crippen molar-refractivity contribution in [2.24, 2.45) is 11.7 Å². The Bertz CT molecular complexity index is 1300. The maximum absolute atomic E-state index is 13.6. The quantitative estimate of drug-likeness (QED) is 0.279. The van der Waals surface area contributed by atoms with Gasteiger partial charge in [-0.15, -0.1) is 0 Å². The molecule has 1 amide bonds. The molecule has 3 aromatic rings. The van der Waals surface area contributed by atoms with Gasteiger partial charge in [-0.05, 0) is 50.7 Å². The standard InChI is InChI=1S/C24H26BrCl2F2N7O/c25-13-9-16(26)19(17(27)10-13)34-23-33-18-11-31-22(32-14-5-7-24(28,29)8-6-14)35-21(18)36(23)15-3-1-12(2-4-15)20(30)37/h9-12,14-15H,1-8H2,(H2,30,37)(H,33,34)(H,31,32,35)/t12-,15-. The van der Waals surface area contributed by atoms with Crippen molar-refractivity contribution in [3.8, 4) is 0 Å². The molecule has 0 spiro atoms. The number of nitrogens with zero attached hydrogens (tertiary/aromatic N) is 4. The molecule has 2 aliphatic rings. The van der Waals surface area contributed by atoms with Gasteiger partial charge in [0.15, 0.2) is 5.65 Å². The van der Waals surface area contributed by atoms with E-state index in [1.54, 1.807) is 18.3 Å². The lowest BCUT2D eigenvalue weighted by Gasteiger charge is -2.29. The molecule has 37 heavy (non-hydrogen) atoms. The Morgan fingerprint density at radius 3 is 2.35 bits per heavy atom. The number of imidazole rings is 1. The Hall–Kier alpha value is -2.24. The zero-order valence-corrected chi connectivity index (χ0v) is 22.9. The molecule has 0 radical (unpaired) electrons. The van der Waals surface area contributed by atoms with E-state index in [1.807, 2.05) is 4.57 Å². The van der Waals surface area contributed by atoms with Crippen LogP contribution in [0.15, 0.2) is 22.8 Å². The molecule has 0 saturated heterocycles. The Labute approximate surface area is 230 Å². The van der Waals surface area contributed by atoms with Crippen molar-refractivity contribution in [1.82, 2.24) is 19.5 Å². The Morgan fingerprint density at radius 2 is 1.73 bits per heavy atom. The number of primary amides is 1. The normalized spacial score (nSPS) is 22.2. The average molecular weight is 617 g/mol. The van der Waals surface area contributed by atoms with Crippen LogP contribution in [0.1, 0.15) is 57.4 Å². The number of fused-ring (bicyclic) bond motifs is 1. The number of carbonyl (C=O) groups excluding carboxylic acids is 1. The van der Waals surface area contributed by atoms with E-state index in [4.69, 9.17) is 38.9 Å². The molecule has 2 aromatic heterocycles. The van der Waals surface area contributed by atoms with E-state index in [0.29, 0.717) is 77.3 Å². The summed E-state index contributed by atoms with van der Waals surface area (Å²) in [6.07, 6.45) is 4.73. The summed E-state index contributed by atoms with van der Waals surface area (Å²) in [6, 6.07) is 3.33. The van der Waals surface area contributed by atoms with Gasteiger partial charge in [0.05, 0.1) is 21.9 Å². The van der Waals surface area contributed by atoms with Crippen LogP contribution >= 0.6 is 39.1 Å². The minimum absolute atomic E-state index is 0.00720. The van der Waals surface area contributed by atoms with Crippen LogP contribution in [0.25, 0.3) is 11.2 Å². The first-order valence-corrected chi connectivity index (χ1v) is 13.7. The number of rotatable bonds is 6. The Balaban J connectivity index is 1.49. The third kappa shape index (κ3) is 5.78. The van der Waals surface area contributed by atoms with Crippen molar-refractivity contribution in [2.45, 2.75) is 69.4 Å². The maximum Gasteiger partial charge on any atom is 0.248 e. The van der Waals surface area contributed by atoms with Gasteiger partial charge in [0, 0.05) is 35.3 Å². The van der Waals surface area contributed by atoms with Crippen LogP contribution in [0.4, 0.5) is 26.4 Å². The van der Waals surface area contributed by atoms with E-state index in [2.05, 4.69) is 31.5 Å². The van der Waals surface area contributed by atoms with Gasteiger partial charge in [0.2, 0.25) is 23.7 Å². The number of hydrogen-bond acceptors (Lipinski definition) is 6. The largest absolute Gasteiger partial charge is 0.369 e. The fourth-order valence-corrected chi connectivity index (χ4v) is 6.46. The third-order valence-electron chi connectivity index (χ3n) is 7.19. The van der Waals surface area contributed by atoms with Gasteiger partial charge in [-0.1, -0.05) is 39.1 Å². The number of carbonyl (C=O) groups is 1. The fourth-order valence-electron chi connectivity index (χ4n) is 5.15. The smallest absolute Gasteiger partial charge is 0.248 e. The van der Waals surface area contributed by atoms with Crippen LogP contribution in [-0.4, -0.2) is 37.4 Å². The SMILES string of the molecule is NC(=O)[C@H]1CC[C@H](n2c(Nc3c(Cl)cc(Br)cc3Cl)nc3cnc(NC4CCC(F)(F)CC4)nc32)CC1. The lowest BCUT2D eigenvalue weighted by Crippen LogP contribution is -2.32. The first-order chi connectivity index (χ1) is 17.6. The molecule has 4 N–H and O–H groups in total. The van der Waals surface area contributed by atoms with Gasteiger partial charge in [-0.25, -0.2) is 18.7 Å². The van der Waals surface area contributed by atoms with E-state index in [1.165, 1.54) is 0 Å². The number of nitrogens with one attached hydrogen (secondary N) is 2. The summed E-state index contributed by atoms with van der Waals surface area (Å²) in [7, 11) is 0. The van der Waals surface area contributed by atoms with Crippen molar-refractivity contribution < 1.29 is 13.6 Å². The number of amides is 1. The van der Waals surface area contributed by atoms with Crippen molar-refractivity contribution >= 4 is 73.8 Å². The molecular weight excluding hydrogens is 591 g/mol. The summed E-state index contributed by atoms with van der Waals surface area (Å²) in [6.45, 7) is 0. The zero-order valence-electron chi connectivity index (χ0n) is 19.8. The number of benzene rings is 1. The molecule has 198 valence electrons. The molecule has 0 aliphatic heterocycles. The number of halogens is 5.